The second-order valence-electron chi connectivity index (χ2n) is 9.69. The third-order valence-electron chi connectivity index (χ3n) is 7.41. The second kappa shape index (κ2) is 11.1. The zero-order valence-electron chi connectivity index (χ0n) is 21.1. The summed E-state index contributed by atoms with van der Waals surface area (Å²) in [6.07, 6.45) is -0.666. The molecular weight excluding hydrogens is 489 g/mol. The smallest absolute Gasteiger partial charge is 0.416 e. The first-order valence-electron chi connectivity index (χ1n) is 12.7. The van der Waals surface area contributed by atoms with Crippen LogP contribution >= 0.6 is 0 Å². The van der Waals surface area contributed by atoms with Crippen LogP contribution in [0.2, 0.25) is 0 Å². The van der Waals surface area contributed by atoms with Gasteiger partial charge >= 0.3 is 18.2 Å². The summed E-state index contributed by atoms with van der Waals surface area (Å²) in [7, 11) is 1.48. The first-order valence-corrected chi connectivity index (χ1v) is 12.7. The number of nitrogens with zero attached hydrogens (tertiary/aromatic N) is 3. The quantitative estimate of drug-likeness (QED) is 0.578. The Morgan fingerprint density at radius 1 is 1.08 bits per heavy atom. The summed E-state index contributed by atoms with van der Waals surface area (Å²) in [4.78, 5) is 43.9. The standard InChI is InChI=1S/C26H33F3N4O4/c1-3-37-24(35)21-20(16-32-12-14-33(15-13-32)23(34)17-8-4-5-9-17)31(2)25(36)30-22(21)18-10-6-7-11-19(18)26(27,28)29/h6-7,10-11,17,22H,3-5,8-9,12-16H2,1-2H3,(H,30,36). The van der Waals surface area contributed by atoms with Crippen molar-refractivity contribution >= 4 is 17.9 Å². The van der Waals surface area contributed by atoms with Crippen molar-refractivity contribution in [2.24, 2.45) is 5.92 Å². The molecule has 2 heterocycles. The Hall–Kier alpha value is -3.08. The number of likely N-dealkylation sites (N-methyl/N-ethyl adjacent to an activating group) is 1. The monoisotopic (exact) mass is 522 g/mol. The molecule has 1 saturated carbocycles. The van der Waals surface area contributed by atoms with Crippen molar-refractivity contribution in [3.8, 4) is 0 Å². The maximum absolute atomic E-state index is 13.8. The lowest BCUT2D eigenvalue weighted by molar-refractivity contribution is -0.141. The second-order valence-corrected chi connectivity index (χ2v) is 9.69. The highest BCUT2D eigenvalue weighted by atomic mass is 19.4. The average molecular weight is 523 g/mol. The van der Waals surface area contributed by atoms with Gasteiger partial charge in [-0.15, -0.1) is 0 Å². The lowest BCUT2D eigenvalue weighted by Gasteiger charge is -2.40. The summed E-state index contributed by atoms with van der Waals surface area (Å²) in [5.41, 5.74) is -0.876. The number of hydrogen-bond donors (Lipinski definition) is 1. The van der Waals surface area contributed by atoms with Gasteiger partial charge < -0.3 is 15.0 Å². The van der Waals surface area contributed by atoms with E-state index in [1.807, 2.05) is 9.80 Å². The topological polar surface area (TPSA) is 82.2 Å². The predicted octanol–water partition coefficient (Wildman–Crippen LogP) is 3.55. The summed E-state index contributed by atoms with van der Waals surface area (Å²) >= 11 is 0. The van der Waals surface area contributed by atoms with Gasteiger partial charge in [0.1, 0.15) is 0 Å². The molecule has 2 fully saturated rings. The minimum atomic E-state index is -4.67. The van der Waals surface area contributed by atoms with E-state index in [-0.39, 0.29) is 36.1 Å². The summed E-state index contributed by atoms with van der Waals surface area (Å²) in [5, 5.41) is 2.56. The van der Waals surface area contributed by atoms with E-state index >= 15 is 0 Å². The van der Waals surface area contributed by atoms with Crippen LogP contribution in [0, 0.1) is 5.92 Å². The molecule has 11 heteroatoms. The number of ether oxygens (including phenoxy) is 1. The van der Waals surface area contributed by atoms with Gasteiger partial charge in [-0.1, -0.05) is 31.0 Å². The molecule has 1 aromatic rings. The van der Waals surface area contributed by atoms with Gasteiger partial charge in [0.15, 0.2) is 0 Å². The van der Waals surface area contributed by atoms with Crippen molar-refractivity contribution in [3.63, 3.8) is 0 Å². The minimum absolute atomic E-state index is 0.0230. The largest absolute Gasteiger partial charge is 0.463 e. The summed E-state index contributed by atoms with van der Waals surface area (Å²) in [5.74, 6) is -0.504. The van der Waals surface area contributed by atoms with Crippen LogP contribution in [0.25, 0.3) is 0 Å². The van der Waals surface area contributed by atoms with Crippen LogP contribution < -0.4 is 5.32 Å². The summed E-state index contributed by atoms with van der Waals surface area (Å²) in [6.45, 7) is 3.90. The molecule has 0 spiro atoms. The molecule has 37 heavy (non-hydrogen) atoms. The number of carbonyl (C=O) groups excluding carboxylic acids is 3. The van der Waals surface area contributed by atoms with E-state index in [9.17, 15) is 27.6 Å². The predicted molar refractivity (Wildman–Crippen MR) is 129 cm³/mol. The molecule has 202 valence electrons. The van der Waals surface area contributed by atoms with E-state index in [1.165, 1.54) is 30.1 Å². The van der Waals surface area contributed by atoms with Crippen LogP contribution in [0.4, 0.5) is 18.0 Å². The highest BCUT2D eigenvalue weighted by Gasteiger charge is 2.42. The number of carbonyl (C=O) groups is 3. The van der Waals surface area contributed by atoms with E-state index < -0.39 is 29.8 Å². The Kier molecular flexibility index (Phi) is 8.11. The van der Waals surface area contributed by atoms with E-state index in [0.29, 0.717) is 31.9 Å². The van der Waals surface area contributed by atoms with Crippen LogP contribution in [0.15, 0.2) is 35.5 Å². The number of urea groups is 1. The van der Waals surface area contributed by atoms with E-state index in [1.54, 1.807) is 6.92 Å². The maximum atomic E-state index is 13.8. The molecule has 3 amide bonds. The molecule has 0 radical (unpaired) electrons. The number of nitrogens with one attached hydrogen (secondary N) is 1. The molecule has 2 aliphatic heterocycles. The molecule has 8 nitrogen and oxygen atoms in total. The SMILES string of the molecule is CCOC(=O)C1=C(CN2CCN(C(=O)C3CCCC3)CC2)N(C)C(=O)NC1c1ccccc1C(F)(F)F. The van der Waals surface area contributed by atoms with Crippen molar-refractivity contribution in [1.29, 1.82) is 0 Å². The molecule has 4 rings (SSSR count). The third-order valence-corrected chi connectivity index (χ3v) is 7.41. The number of amides is 3. The highest BCUT2D eigenvalue weighted by Crippen LogP contribution is 2.39. The van der Waals surface area contributed by atoms with Crippen molar-refractivity contribution in [1.82, 2.24) is 20.0 Å². The lowest BCUT2D eigenvalue weighted by Crippen LogP contribution is -2.53. The third kappa shape index (κ3) is 5.76. The first kappa shape index (κ1) is 27.0. The molecule has 1 atom stereocenters. The number of halogens is 3. The highest BCUT2D eigenvalue weighted by molar-refractivity contribution is 5.95. The molecule has 1 N–H and O–H groups in total. The van der Waals surface area contributed by atoms with Gasteiger partial charge in [-0.25, -0.2) is 9.59 Å². The molecule has 0 bridgehead atoms. The molecule has 1 aromatic carbocycles. The van der Waals surface area contributed by atoms with Gasteiger partial charge in [0.05, 0.1) is 23.8 Å². The Labute approximate surface area is 214 Å². The van der Waals surface area contributed by atoms with E-state index in [0.717, 1.165) is 31.7 Å². The zero-order valence-corrected chi connectivity index (χ0v) is 21.1. The first-order chi connectivity index (χ1) is 17.6. The number of rotatable bonds is 6. The minimum Gasteiger partial charge on any atom is -0.463 e. The number of esters is 1. The molecular formula is C26H33F3N4O4. The van der Waals surface area contributed by atoms with Gasteiger partial charge in [0, 0.05) is 51.4 Å². The Balaban J connectivity index is 1.63. The van der Waals surface area contributed by atoms with Gasteiger partial charge in [-0.2, -0.15) is 13.2 Å². The number of piperazine rings is 1. The van der Waals surface area contributed by atoms with Crippen LogP contribution in [-0.2, 0) is 20.5 Å². The van der Waals surface area contributed by atoms with Gasteiger partial charge in [0.25, 0.3) is 0 Å². The Bertz CT molecular complexity index is 1060. The number of benzene rings is 1. The van der Waals surface area contributed by atoms with Crippen LogP contribution in [-0.4, -0.2) is 79.0 Å². The van der Waals surface area contributed by atoms with Crippen molar-refractivity contribution in [3.05, 3.63) is 46.7 Å². The van der Waals surface area contributed by atoms with Crippen LogP contribution in [0.5, 0.6) is 0 Å². The molecule has 1 aliphatic carbocycles. The molecule has 1 unspecified atom stereocenters. The summed E-state index contributed by atoms with van der Waals surface area (Å²) in [6, 6.07) is 2.98. The van der Waals surface area contributed by atoms with Crippen molar-refractivity contribution < 1.29 is 32.3 Å². The van der Waals surface area contributed by atoms with Gasteiger partial charge in [0.2, 0.25) is 5.91 Å². The number of hydrogen-bond acceptors (Lipinski definition) is 5. The molecule has 1 saturated heterocycles. The van der Waals surface area contributed by atoms with Gasteiger partial charge in [-0.05, 0) is 31.4 Å². The average Bonchev–Trinajstić information content (AvgIpc) is 3.41. The fourth-order valence-electron chi connectivity index (χ4n) is 5.41. The fraction of sp³-hybridized carbons (Fsp3) is 0.577. The normalized spacial score (nSPS) is 21.9. The van der Waals surface area contributed by atoms with Crippen LogP contribution in [0.3, 0.4) is 0 Å². The van der Waals surface area contributed by atoms with Crippen molar-refractivity contribution in [2.75, 3.05) is 46.4 Å². The Morgan fingerprint density at radius 2 is 1.73 bits per heavy atom. The zero-order chi connectivity index (χ0) is 26.7. The maximum Gasteiger partial charge on any atom is 0.416 e. The molecule has 0 aromatic heterocycles. The van der Waals surface area contributed by atoms with Gasteiger partial charge in [-0.3, -0.25) is 14.6 Å². The summed E-state index contributed by atoms with van der Waals surface area (Å²) < 4.78 is 46.8. The number of alkyl halides is 3. The van der Waals surface area contributed by atoms with Crippen molar-refractivity contribution in [2.45, 2.75) is 44.8 Å². The van der Waals surface area contributed by atoms with Crippen LogP contribution in [0.1, 0.15) is 49.8 Å². The van der Waals surface area contributed by atoms with E-state index in [4.69, 9.17) is 4.74 Å². The fourth-order valence-corrected chi connectivity index (χ4v) is 5.41. The Morgan fingerprint density at radius 3 is 2.35 bits per heavy atom. The molecule has 3 aliphatic rings. The van der Waals surface area contributed by atoms with E-state index in [2.05, 4.69) is 5.32 Å². The lowest BCUT2D eigenvalue weighted by atomic mass is 9.90.